The summed E-state index contributed by atoms with van der Waals surface area (Å²) in [5.74, 6) is 0.534. The molecule has 4 nitrogen and oxygen atoms in total. The van der Waals surface area contributed by atoms with Gasteiger partial charge in [0.15, 0.2) is 0 Å². The Hall–Kier alpha value is -3.57. The van der Waals surface area contributed by atoms with E-state index in [9.17, 15) is 10.0 Å². The van der Waals surface area contributed by atoms with Crippen LogP contribution in [0.3, 0.4) is 0 Å². The van der Waals surface area contributed by atoms with E-state index in [1.807, 2.05) is 60.7 Å². The zero-order valence-electron chi connectivity index (χ0n) is 17.3. The second kappa shape index (κ2) is 10.2. The van der Waals surface area contributed by atoms with Gasteiger partial charge in [0, 0.05) is 0 Å². The van der Waals surface area contributed by atoms with E-state index in [1.54, 1.807) is 24.3 Å². The first-order valence-electron chi connectivity index (χ1n) is 10.2. The van der Waals surface area contributed by atoms with Crippen molar-refractivity contribution in [3.05, 3.63) is 131 Å². The van der Waals surface area contributed by atoms with Gasteiger partial charge in [0.05, 0.1) is 0 Å². The molecule has 0 saturated heterocycles. The van der Waals surface area contributed by atoms with Crippen LogP contribution < -0.4 is 10.1 Å². The SMILES string of the molecule is O[B]Oc1ccc(/C(=C(\c2ccccc2)c2ccc(B(O)O)cc2)c2ccccc2)cc1. The van der Waals surface area contributed by atoms with Gasteiger partial charge in [-0.3, -0.25) is 0 Å². The van der Waals surface area contributed by atoms with Gasteiger partial charge in [0.25, 0.3) is 0 Å². The van der Waals surface area contributed by atoms with E-state index < -0.39 is 7.12 Å². The minimum absolute atomic E-state index is 0.434. The van der Waals surface area contributed by atoms with Crippen LogP contribution in [0.2, 0.25) is 0 Å². The highest BCUT2D eigenvalue weighted by atomic mass is 16.5. The van der Waals surface area contributed by atoms with Crippen LogP contribution in [0.4, 0.5) is 0 Å². The van der Waals surface area contributed by atoms with Crippen molar-refractivity contribution in [3.8, 4) is 5.75 Å². The average Bonchev–Trinajstić information content (AvgIpc) is 2.84. The molecule has 0 saturated carbocycles. The third-order valence-corrected chi connectivity index (χ3v) is 5.20. The van der Waals surface area contributed by atoms with Crippen LogP contribution >= 0.6 is 0 Å². The fraction of sp³-hybridized carbons (Fsp3) is 0. The van der Waals surface area contributed by atoms with E-state index in [1.165, 1.54) is 0 Å². The summed E-state index contributed by atoms with van der Waals surface area (Å²) in [5.41, 5.74) is 6.47. The van der Waals surface area contributed by atoms with Gasteiger partial charge in [0.2, 0.25) is 0 Å². The van der Waals surface area contributed by atoms with Crippen LogP contribution in [0.1, 0.15) is 22.3 Å². The first-order chi connectivity index (χ1) is 15.7. The highest BCUT2D eigenvalue weighted by Gasteiger charge is 2.17. The van der Waals surface area contributed by atoms with Gasteiger partial charge in [-0.05, 0) is 51.0 Å². The molecule has 0 unspecified atom stereocenters. The van der Waals surface area contributed by atoms with Crippen LogP contribution in [0.15, 0.2) is 109 Å². The average molecular weight is 419 g/mol. The quantitative estimate of drug-likeness (QED) is 0.318. The van der Waals surface area contributed by atoms with Gasteiger partial charge < -0.3 is 19.7 Å². The van der Waals surface area contributed by atoms with Gasteiger partial charge in [-0.15, -0.1) is 0 Å². The van der Waals surface area contributed by atoms with Crippen LogP contribution in [0.5, 0.6) is 5.75 Å². The van der Waals surface area contributed by atoms with Crippen molar-refractivity contribution in [1.82, 2.24) is 0 Å². The molecule has 0 aromatic heterocycles. The molecule has 0 aliphatic rings. The Morgan fingerprint density at radius 2 is 0.969 bits per heavy atom. The molecule has 0 atom stereocenters. The molecule has 155 valence electrons. The van der Waals surface area contributed by atoms with E-state index >= 15 is 0 Å². The smallest absolute Gasteiger partial charge is 0.537 e. The molecule has 3 N–H and O–H groups in total. The molecule has 0 fully saturated rings. The minimum atomic E-state index is -1.52. The monoisotopic (exact) mass is 419 g/mol. The third-order valence-electron chi connectivity index (χ3n) is 5.20. The molecule has 1 radical (unpaired) electrons. The minimum Gasteiger partial charge on any atom is -0.537 e. The van der Waals surface area contributed by atoms with Gasteiger partial charge in [-0.2, -0.15) is 0 Å². The number of hydrogen-bond acceptors (Lipinski definition) is 4. The van der Waals surface area contributed by atoms with E-state index in [0.29, 0.717) is 18.9 Å². The lowest BCUT2D eigenvalue weighted by Gasteiger charge is -2.18. The van der Waals surface area contributed by atoms with Crippen molar-refractivity contribution < 1.29 is 19.7 Å². The molecule has 0 aliphatic heterocycles. The highest BCUT2D eigenvalue weighted by molar-refractivity contribution is 6.58. The Morgan fingerprint density at radius 3 is 1.38 bits per heavy atom. The van der Waals surface area contributed by atoms with Crippen LogP contribution in [0, 0.1) is 0 Å². The molecule has 4 rings (SSSR count). The molecular weight excluding hydrogens is 398 g/mol. The van der Waals surface area contributed by atoms with Crippen molar-refractivity contribution >= 4 is 31.4 Å². The van der Waals surface area contributed by atoms with Crippen molar-refractivity contribution in [3.63, 3.8) is 0 Å². The fourth-order valence-electron chi connectivity index (χ4n) is 3.70. The van der Waals surface area contributed by atoms with Crippen LogP contribution in [-0.2, 0) is 0 Å². The van der Waals surface area contributed by atoms with Crippen molar-refractivity contribution in [1.29, 1.82) is 0 Å². The predicted octanol–water partition coefficient (Wildman–Crippen LogP) is 3.28. The molecule has 4 aromatic carbocycles. The normalized spacial score (nSPS) is 11.5. The summed E-state index contributed by atoms with van der Waals surface area (Å²) in [6, 6.07) is 35.0. The molecule has 0 amide bonds. The van der Waals surface area contributed by atoms with Gasteiger partial charge >= 0.3 is 14.8 Å². The zero-order valence-corrected chi connectivity index (χ0v) is 17.3. The first-order valence-corrected chi connectivity index (χ1v) is 10.2. The molecule has 0 bridgehead atoms. The number of benzene rings is 4. The van der Waals surface area contributed by atoms with Crippen LogP contribution in [0.25, 0.3) is 11.1 Å². The predicted molar refractivity (Wildman–Crippen MR) is 129 cm³/mol. The third kappa shape index (κ3) is 4.84. The Labute approximate surface area is 188 Å². The number of hydrogen-bond donors (Lipinski definition) is 3. The largest absolute Gasteiger partial charge is 0.569 e. The van der Waals surface area contributed by atoms with Gasteiger partial charge in [-0.1, -0.05) is 97.1 Å². The highest BCUT2D eigenvalue weighted by Crippen LogP contribution is 2.37. The van der Waals surface area contributed by atoms with E-state index in [4.69, 9.17) is 9.68 Å². The molecule has 0 spiro atoms. The zero-order chi connectivity index (χ0) is 22.3. The standard InChI is InChI=1S/C26H21B2O4/c29-27-32-24-17-13-22(14-18-24)26(20-9-5-2-6-10-20)25(19-7-3-1-4-8-19)21-11-15-23(16-12-21)28(30)31/h1-18,29-31H/b26-25+. The second-order valence-corrected chi connectivity index (χ2v) is 7.23. The summed E-state index contributed by atoms with van der Waals surface area (Å²) in [7, 11) is -0.854. The van der Waals surface area contributed by atoms with E-state index in [-0.39, 0.29) is 0 Å². The summed E-state index contributed by atoms with van der Waals surface area (Å²) in [6.45, 7) is 0. The maximum atomic E-state index is 9.52. The Kier molecular flexibility index (Phi) is 6.87. The maximum Gasteiger partial charge on any atom is 0.569 e. The summed E-state index contributed by atoms with van der Waals surface area (Å²) >= 11 is 0. The summed E-state index contributed by atoms with van der Waals surface area (Å²) in [4.78, 5) is 0. The first kappa shape index (κ1) is 21.7. The lowest BCUT2D eigenvalue weighted by atomic mass is 9.78. The fourth-order valence-corrected chi connectivity index (χ4v) is 3.70. The van der Waals surface area contributed by atoms with E-state index in [2.05, 4.69) is 24.3 Å². The molecule has 0 heterocycles. The summed E-state index contributed by atoms with van der Waals surface area (Å²) in [6.07, 6.45) is 0. The molecular formula is C26H21B2O4. The lowest BCUT2D eigenvalue weighted by molar-refractivity contribution is 0.425. The number of rotatable bonds is 7. The van der Waals surface area contributed by atoms with Crippen molar-refractivity contribution in [2.75, 3.05) is 0 Å². The lowest BCUT2D eigenvalue weighted by Crippen LogP contribution is -2.29. The summed E-state index contributed by atoms with van der Waals surface area (Å²) in [5, 5.41) is 28.0. The Morgan fingerprint density at radius 1 is 0.562 bits per heavy atom. The van der Waals surface area contributed by atoms with Crippen molar-refractivity contribution in [2.45, 2.75) is 0 Å². The molecule has 32 heavy (non-hydrogen) atoms. The van der Waals surface area contributed by atoms with Crippen LogP contribution in [-0.4, -0.2) is 29.9 Å². The van der Waals surface area contributed by atoms with Crippen molar-refractivity contribution in [2.24, 2.45) is 0 Å². The van der Waals surface area contributed by atoms with Gasteiger partial charge in [-0.25, -0.2) is 0 Å². The Balaban J connectivity index is 1.99. The topological polar surface area (TPSA) is 69.9 Å². The van der Waals surface area contributed by atoms with Gasteiger partial charge in [0.1, 0.15) is 5.75 Å². The summed E-state index contributed by atoms with van der Waals surface area (Å²) < 4.78 is 5.08. The second-order valence-electron chi connectivity index (χ2n) is 7.23. The molecule has 4 aromatic rings. The Bertz CT molecular complexity index is 1170. The molecule has 0 aliphatic carbocycles. The molecule has 6 heteroatoms. The van der Waals surface area contributed by atoms with E-state index in [0.717, 1.165) is 33.4 Å². The maximum absolute atomic E-state index is 9.52.